The molecule has 0 bridgehead atoms. The van der Waals surface area contributed by atoms with Crippen molar-refractivity contribution >= 4 is 28.8 Å². The van der Waals surface area contributed by atoms with Crippen molar-refractivity contribution in [3.8, 4) is 0 Å². The van der Waals surface area contributed by atoms with Crippen LogP contribution in [0.3, 0.4) is 0 Å². The Morgan fingerprint density at radius 3 is 2.90 bits per heavy atom. The lowest BCUT2D eigenvalue weighted by Crippen LogP contribution is -2.80. The third-order valence-corrected chi connectivity index (χ3v) is 6.61. The molecule has 1 aliphatic heterocycles. The van der Waals surface area contributed by atoms with Crippen LogP contribution in [0.25, 0.3) is 0 Å². The number of rotatable bonds is 3. The van der Waals surface area contributed by atoms with Gasteiger partial charge in [-0.2, -0.15) is 0 Å². The minimum Gasteiger partial charge on any atom is -0.377 e. The Labute approximate surface area is 134 Å². The predicted octanol–water partition coefficient (Wildman–Crippen LogP) is 2.72. The molecule has 1 saturated heterocycles. The largest absolute Gasteiger partial charge is 0.377 e. The Morgan fingerprint density at radius 2 is 2.29 bits per heavy atom. The second-order valence-corrected chi connectivity index (χ2v) is 8.36. The summed E-state index contributed by atoms with van der Waals surface area (Å²) in [6.07, 6.45) is 0.955. The Bertz CT molecular complexity index is 574. The van der Waals surface area contributed by atoms with Gasteiger partial charge in [-0.15, -0.1) is 11.3 Å². The molecule has 116 valence electrons. The number of nitrogens with two attached hydrogens (primary N) is 1. The quantitative estimate of drug-likeness (QED) is 0.896. The van der Waals surface area contributed by atoms with Crippen LogP contribution in [-0.4, -0.2) is 24.2 Å². The number of fused-ring (bicyclic) bond motifs is 1. The Hall–Kier alpha value is -0.620. The standard InChI is InChI=1S/C15H21ClN2O2S/c1-8(10-4-5-11(16)21-10)18-13(19)15(17)9-6-7-20-12(9)14(15,2)3/h4-5,8-9,12H,6-7,17H2,1-3H3,(H,18,19). The van der Waals surface area contributed by atoms with Crippen molar-refractivity contribution in [1.29, 1.82) is 0 Å². The second-order valence-electron chi connectivity index (χ2n) is 6.61. The number of nitrogens with one attached hydrogen (secondary N) is 1. The number of ether oxygens (including phenoxy) is 1. The van der Waals surface area contributed by atoms with E-state index in [0.29, 0.717) is 6.61 Å². The van der Waals surface area contributed by atoms with E-state index in [9.17, 15) is 4.79 Å². The summed E-state index contributed by atoms with van der Waals surface area (Å²) in [5.41, 5.74) is 5.33. The molecule has 1 saturated carbocycles. The number of hydrogen-bond acceptors (Lipinski definition) is 4. The van der Waals surface area contributed by atoms with Gasteiger partial charge in [-0.05, 0) is 25.5 Å². The van der Waals surface area contributed by atoms with Gasteiger partial charge in [0.15, 0.2) is 0 Å². The summed E-state index contributed by atoms with van der Waals surface area (Å²) in [6.45, 7) is 6.69. The lowest BCUT2D eigenvalue weighted by atomic mass is 9.48. The van der Waals surface area contributed by atoms with Gasteiger partial charge in [-0.3, -0.25) is 4.79 Å². The van der Waals surface area contributed by atoms with Crippen molar-refractivity contribution in [2.45, 2.75) is 44.9 Å². The fourth-order valence-electron chi connectivity index (χ4n) is 3.79. The highest BCUT2D eigenvalue weighted by Gasteiger charge is 2.71. The maximum Gasteiger partial charge on any atom is 0.241 e. The van der Waals surface area contributed by atoms with Crippen molar-refractivity contribution < 1.29 is 9.53 Å². The molecule has 4 atom stereocenters. The third-order valence-electron chi connectivity index (χ3n) is 5.20. The smallest absolute Gasteiger partial charge is 0.241 e. The van der Waals surface area contributed by atoms with Gasteiger partial charge < -0.3 is 15.8 Å². The molecule has 2 heterocycles. The van der Waals surface area contributed by atoms with Crippen LogP contribution in [0.2, 0.25) is 4.34 Å². The van der Waals surface area contributed by atoms with Crippen LogP contribution >= 0.6 is 22.9 Å². The van der Waals surface area contributed by atoms with Crippen LogP contribution in [0.15, 0.2) is 12.1 Å². The highest BCUT2D eigenvalue weighted by molar-refractivity contribution is 7.16. The molecule has 1 aromatic heterocycles. The summed E-state index contributed by atoms with van der Waals surface area (Å²) in [5.74, 6) is 0.0305. The molecule has 2 fully saturated rings. The second kappa shape index (κ2) is 4.95. The van der Waals surface area contributed by atoms with Crippen LogP contribution in [-0.2, 0) is 9.53 Å². The van der Waals surface area contributed by atoms with E-state index in [4.69, 9.17) is 22.1 Å². The zero-order valence-corrected chi connectivity index (χ0v) is 14.1. The van der Waals surface area contributed by atoms with Crippen molar-refractivity contribution in [3.63, 3.8) is 0 Å². The lowest BCUT2D eigenvalue weighted by Gasteiger charge is -2.60. The Kier molecular flexibility index (Phi) is 3.60. The fourth-order valence-corrected chi connectivity index (χ4v) is 4.86. The minimum atomic E-state index is -0.858. The molecule has 2 aliphatic rings. The van der Waals surface area contributed by atoms with E-state index >= 15 is 0 Å². The maximum absolute atomic E-state index is 12.8. The maximum atomic E-state index is 12.8. The van der Waals surface area contributed by atoms with Gasteiger partial charge in [-0.1, -0.05) is 25.4 Å². The van der Waals surface area contributed by atoms with Gasteiger partial charge in [0.25, 0.3) is 0 Å². The Morgan fingerprint density at radius 1 is 1.57 bits per heavy atom. The summed E-state index contributed by atoms with van der Waals surface area (Å²) in [5, 5.41) is 3.05. The zero-order chi connectivity index (χ0) is 15.4. The number of halogens is 1. The molecular weight excluding hydrogens is 308 g/mol. The number of hydrogen-bond donors (Lipinski definition) is 2. The topological polar surface area (TPSA) is 64.4 Å². The van der Waals surface area contributed by atoms with E-state index in [2.05, 4.69) is 5.32 Å². The van der Waals surface area contributed by atoms with Gasteiger partial charge in [0, 0.05) is 22.8 Å². The average Bonchev–Trinajstić information content (AvgIpc) is 3.05. The van der Waals surface area contributed by atoms with Crippen molar-refractivity contribution in [2.24, 2.45) is 17.1 Å². The van der Waals surface area contributed by atoms with Gasteiger partial charge in [0.2, 0.25) is 5.91 Å². The molecule has 1 aliphatic carbocycles. The summed E-state index contributed by atoms with van der Waals surface area (Å²) in [6, 6.07) is 3.69. The molecule has 0 spiro atoms. The molecule has 3 rings (SSSR count). The zero-order valence-electron chi connectivity index (χ0n) is 12.5. The SMILES string of the molecule is CC(NC(=O)C1(N)C2CCOC2C1(C)C)c1ccc(Cl)s1. The molecule has 4 nitrogen and oxygen atoms in total. The fraction of sp³-hybridized carbons (Fsp3) is 0.667. The van der Waals surface area contributed by atoms with E-state index in [1.54, 1.807) is 0 Å². The first-order valence-electron chi connectivity index (χ1n) is 7.25. The first-order valence-corrected chi connectivity index (χ1v) is 8.44. The molecule has 1 amide bonds. The highest BCUT2D eigenvalue weighted by Crippen LogP contribution is 2.58. The molecule has 4 unspecified atom stereocenters. The normalized spacial score (nSPS) is 34.9. The third kappa shape index (κ3) is 2.05. The van der Waals surface area contributed by atoms with E-state index in [-0.39, 0.29) is 29.4 Å². The number of carbonyl (C=O) groups excluding carboxylic acids is 1. The van der Waals surface area contributed by atoms with Gasteiger partial charge >= 0.3 is 0 Å². The average molecular weight is 329 g/mol. The summed E-state index contributed by atoms with van der Waals surface area (Å²) in [7, 11) is 0. The number of carbonyl (C=O) groups is 1. The van der Waals surface area contributed by atoms with Crippen LogP contribution in [0.1, 0.15) is 38.1 Å². The number of thiophene rings is 1. The first kappa shape index (κ1) is 15.3. The van der Waals surface area contributed by atoms with E-state index in [1.165, 1.54) is 11.3 Å². The molecule has 6 heteroatoms. The predicted molar refractivity (Wildman–Crippen MR) is 84.4 cm³/mol. The minimum absolute atomic E-state index is 0.0868. The van der Waals surface area contributed by atoms with Crippen molar-refractivity contribution in [3.05, 3.63) is 21.3 Å². The lowest BCUT2D eigenvalue weighted by molar-refractivity contribution is -0.175. The van der Waals surface area contributed by atoms with E-state index in [1.807, 2.05) is 32.9 Å². The van der Waals surface area contributed by atoms with Gasteiger partial charge in [0.05, 0.1) is 16.5 Å². The van der Waals surface area contributed by atoms with E-state index in [0.717, 1.165) is 15.6 Å². The van der Waals surface area contributed by atoms with Gasteiger partial charge in [0.1, 0.15) is 5.54 Å². The van der Waals surface area contributed by atoms with Crippen LogP contribution in [0.5, 0.6) is 0 Å². The molecule has 0 aromatic carbocycles. The molecule has 3 N–H and O–H groups in total. The van der Waals surface area contributed by atoms with Crippen molar-refractivity contribution in [2.75, 3.05) is 6.61 Å². The molecule has 0 radical (unpaired) electrons. The number of amides is 1. The van der Waals surface area contributed by atoms with Crippen molar-refractivity contribution in [1.82, 2.24) is 5.32 Å². The highest BCUT2D eigenvalue weighted by atomic mass is 35.5. The van der Waals surface area contributed by atoms with Gasteiger partial charge in [-0.25, -0.2) is 0 Å². The summed E-state index contributed by atoms with van der Waals surface area (Å²) >= 11 is 7.43. The van der Waals surface area contributed by atoms with Crippen LogP contribution in [0, 0.1) is 11.3 Å². The molecule has 1 aromatic rings. The first-order chi connectivity index (χ1) is 9.78. The van der Waals surface area contributed by atoms with Crippen LogP contribution in [0.4, 0.5) is 0 Å². The molecule has 21 heavy (non-hydrogen) atoms. The monoisotopic (exact) mass is 328 g/mol. The summed E-state index contributed by atoms with van der Waals surface area (Å²) < 4.78 is 6.45. The van der Waals surface area contributed by atoms with E-state index < -0.39 is 5.54 Å². The molecular formula is C15H21ClN2O2S. The Balaban J connectivity index is 1.76. The summed E-state index contributed by atoms with van der Waals surface area (Å²) in [4.78, 5) is 13.8. The van der Waals surface area contributed by atoms with Crippen LogP contribution < -0.4 is 11.1 Å².